The topological polar surface area (TPSA) is 150 Å². The number of benzene rings is 2. The SMILES string of the molecule is O=C(O)c1cccc(N2C(=O)CC(Nc3cc([N+](=O)[O-])ccc3O)C2=O)c1. The third-order valence-electron chi connectivity index (χ3n) is 4.02. The molecule has 0 radical (unpaired) electrons. The van der Waals surface area contributed by atoms with Crippen molar-refractivity contribution in [2.24, 2.45) is 0 Å². The van der Waals surface area contributed by atoms with E-state index in [1.54, 1.807) is 0 Å². The van der Waals surface area contributed by atoms with E-state index in [9.17, 15) is 29.6 Å². The molecule has 138 valence electrons. The quantitative estimate of drug-likeness (QED) is 0.311. The maximum atomic E-state index is 12.6. The van der Waals surface area contributed by atoms with Crippen LogP contribution in [0.2, 0.25) is 0 Å². The number of hydrogen-bond acceptors (Lipinski definition) is 7. The number of hydrogen-bond donors (Lipinski definition) is 3. The second kappa shape index (κ2) is 6.75. The molecule has 10 heteroatoms. The molecule has 10 nitrogen and oxygen atoms in total. The summed E-state index contributed by atoms with van der Waals surface area (Å²) < 4.78 is 0. The number of carboxylic acids is 1. The Hall–Kier alpha value is -3.95. The maximum absolute atomic E-state index is 12.6. The lowest BCUT2D eigenvalue weighted by atomic mass is 10.2. The summed E-state index contributed by atoms with van der Waals surface area (Å²) in [6, 6.07) is 7.57. The smallest absolute Gasteiger partial charge is 0.335 e. The van der Waals surface area contributed by atoms with Crippen LogP contribution < -0.4 is 10.2 Å². The van der Waals surface area contributed by atoms with E-state index in [1.165, 1.54) is 24.3 Å². The van der Waals surface area contributed by atoms with Crippen molar-refractivity contribution >= 4 is 34.8 Å². The van der Waals surface area contributed by atoms with E-state index in [0.29, 0.717) is 0 Å². The lowest BCUT2D eigenvalue weighted by Gasteiger charge is -2.17. The summed E-state index contributed by atoms with van der Waals surface area (Å²) in [7, 11) is 0. The van der Waals surface area contributed by atoms with Gasteiger partial charge in [-0.15, -0.1) is 0 Å². The Kier molecular flexibility index (Phi) is 4.46. The van der Waals surface area contributed by atoms with Crippen molar-refractivity contribution in [1.82, 2.24) is 0 Å². The minimum Gasteiger partial charge on any atom is -0.506 e. The number of rotatable bonds is 5. The molecule has 1 saturated heterocycles. The zero-order valence-electron chi connectivity index (χ0n) is 13.7. The fourth-order valence-electron chi connectivity index (χ4n) is 2.73. The van der Waals surface area contributed by atoms with Crippen molar-refractivity contribution in [3.63, 3.8) is 0 Å². The molecule has 1 atom stereocenters. The molecule has 3 rings (SSSR count). The zero-order chi connectivity index (χ0) is 19.7. The zero-order valence-corrected chi connectivity index (χ0v) is 13.7. The number of non-ortho nitro benzene ring substituents is 1. The number of aromatic hydroxyl groups is 1. The molecule has 1 aliphatic rings. The van der Waals surface area contributed by atoms with Gasteiger partial charge in [0.15, 0.2) is 0 Å². The average Bonchev–Trinajstić information content (AvgIpc) is 2.90. The van der Waals surface area contributed by atoms with Crippen LogP contribution >= 0.6 is 0 Å². The number of amides is 2. The molecule has 2 aromatic carbocycles. The second-order valence-corrected chi connectivity index (χ2v) is 5.78. The van der Waals surface area contributed by atoms with Crippen molar-refractivity contribution in [2.75, 3.05) is 10.2 Å². The Morgan fingerprint density at radius 2 is 1.96 bits per heavy atom. The fourth-order valence-corrected chi connectivity index (χ4v) is 2.73. The Morgan fingerprint density at radius 3 is 2.63 bits per heavy atom. The first-order chi connectivity index (χ1) is 12.8. The summed E-state index contributed by atoms with van der Waals surface area (Å²) in [5.41, 5.74) is -0.326. The molecule has 0 spiro atoms. The number of nitro benzene ring substituents is 1. The normalized spacial score (nSPS) is 16.4. The largest absolute Gasteiger partial charge is 0.506 e. The Morgan fingerprint density at radius 1 is 1.22 bits per heavy atom. The molecule has 3 N–H and O–H groups in total. The summed E-state index contributed by atoms with van der Waals surface area (Å²) >= 11 is 0. The Bertz CT molecular complexity index is 973. The van der Waals surface area contributed by atoms with Gasteiger partial charge in [0.25, 0.3) is 11.6 Å². The molecular weight excluding hydrogens is 358 g/mol. The standard InChI is InChI=1S/C17H13N3O7/c21-14-5-4-11(20(26)27)7-12(14)18-13-8-15(22)19(16(13)23)10-3-1-2-9(6-10)17(24)25/h1-7,13,18,21H,8H2,(H,24,25). The fraction of sp³-hybridized carbons (Fsp3) is 0.118. The first-order valence-electron chi connectivity index (χ1n) is 7.72. The molecule has 27 heavy (non-hydrogen) atoms. The monoisotopic (exact) mass is 371 g/mol. The number of phenolic OH excluding ortho intramolecular Hbond substituents is 1. The molecule has 0 aromatic heterocycles. The van der Waals surface area contributed by atoms with Crippen molar-refractivity contribution in [3.05, 3.63) is 58.1 Å². The van der Waals surface area contributed by atoms with Gasteiger partial charge in [-0.2, -0.15) is 0 Å². The number of carboxylic acid groups (broad SMARTS) is 1. The predicted molar refractivity (Wildman–Crippen MR) is 92.7 cm³/mol. The number of phenols is 1. The van der Waals surface area contributed by atoms with Gasteiger partial charge in [-0.1, -0.05) is 6.07 Å². The average molecular weight is 371 g/mol. The van der Waals surface area contributed by atoms with Crippen LogP contribution in [-0.2, 0) is 9.59 Å². The van der Waals surface area contributed by atoms with Crippen LogP contribution in [0.5, 0.6) is 5.75 Å². The Balaban J connectivity index is 1.87. The lowest BCUT2D eigenvalue weighted by molar-refractivity contribution is -0.384. The van der Waals surface area contributed by atoms with Crippen molar-refractivity contribution in [2.45, 2.75) is 12.5 Å². The first-order valence-corrected chi connectivity index (χ1v) is 7.72. The molecule has 1 aliphatic heterocycles. The third-order valence-corrected chi connectivity index (χ3v) is 4.02. The van der Waals surface area contributed by atoms with E-state index in [1.807, 2.05) is 0 Å². The number of nitrogens with one attached hydrogen (secondary N) is 1. The molecule has 0 saturated carbocycles. The van der Waals surface area contributed by atoms with Gasteiger partial charge in [-0.3, -0.25) is 19.7 Å². The van der Waals surface area contributed by atoms with Gasteiger partial charge in [-0.05, 0) is 24.3 Å². The summed E-state index contributed by atoms with van der Waals surface area (Å²) in [6.45, 7) is 0. The third kappa shape index (κ3) is 3.40. The molecule has 0 bridgehead atoms. The number of anilines is 2. The number of nitro groups is 1. The van der Waals surface area contributed by atoms with Gasteiger partial charge in [0.1, 0.15) is 11.8 Å². The van der Waals surface area contributed by atoms with E-state index >= 15 is 0 Å². The summed E-state index contributed by atoms with van der Waals surface area (Å²) in [4.78, 5) is 47.0. The van der Waals surface area contributed by atoms with Crippen molar-refractivity contribution in [1.29, 1.82) is 0 Å². The van der Waals surface area contributed by atoms with E-state index in [4.69, 9.17) is 5.11 Å². The van der Waals surface area contributed by atoms with Crippen LogP contribution in [0.1, 0.15) is 16.8 Å². The number of imide groups is 1. The lowest BCUT2D eigenvalue weighted by Crippen LogP contribution is -2.34. The highest BCUT2D eigenvalue weighted by Gasteiger charge is 2.40. The second-order valence-electron chi connectivity index (χ2n) is 5.78. The first kappa shape index (κ1) is 17.9. The van der Waals surface area contributed by atoms with Crippen LogP contribution in [0.25, 0.3) is 0 Å². The minimum absolute atomic E-state index is 0.0588. The summed E-state index contributed by atoms with van der Waals surface area (Å²) in [6.07, 6.45) is -0.252. The number of carbonyl (C=O) groups is 3. The number of nitrogens with zero attached hydrogens (tertiary/aromatic N) is 2. The molecule has 1 heterocycles. The van der Waals surface area contributed by atoms with Crippen LogP contribution in [-0.4, -0.2) is 39.0 Å². The van der Waals surface area contributed by atoms with Crippen LogP contribution in [0.15, 0.2) is 42.5 Å². The molecular formula is C17H13N3O7. The van der Waals surface area contributed by atoms with Gasteiger partial charge in [-0.25, -0.2) is 9.69 Å². The van der Waals surface area contributed by atoms with E-state index in [0.717, 1.165) is 23.1 Å². The van der Waals surface area contributed by atoms with Gasteiger partial charge in [0.05, 0.1) is 28.3 Å². The number of carbonyl (C=O) groups excluding carboxylic acids is 2. The van der Waals surface area contributed by atoms with Gasteiger partial charge in [0.2, 0.25) is 5.91 Å². The summed E-state index contributed by atoms with van der Waals surface area (Å²) in [5, 5.41) is 32.4. The predicted octanol–water partition coefficient (Wildman–Crippen LogP) is 1.74. The molecule has 2 amide bonds. The van der Waals surface area contributed by atoms with Crippen molar-refractivity contribution in [3.8, 4) is 5.75 Å². The Labute approximate surface area is 151 Å². The van der Waals surface area contributed by atoms with E-state index in [2.05, 4.69) is 5.32 Å². The van der Waals surface area contributed by atoms with Crippen LogP contribution in [0.4, 0.5) is 17.1 Å². The van der Waals surface area contributed by atoms with E-state index < -0.39 is 28.7 Å². The van der Waals surface area contributed by atoms with Crippen LogP contribution in [0, 0.1) is 10.1 Å². The van der Waals surface area contributed by atoms with Crippen LogP contribution in [0.3, 0.4) is 0 Å². The summed E-state index contributed by atoms with van der Waals surface area (Å²) in [5.74, 6) is -2.74. The molecule has 2 aromatic rings. The van der Waals surface area contributed by atoms with E-state index in [-0.39, 0.29) is 34.8 Å². The maximum Gasteiger partial charge on any atom is 0.335 e. The van der Waals surface area contributed by atoms with Gasteiger partial charge >= 0.3 is 5.97 Å². The molecule has 1 unspecified atom stereocenters. The highest BCUT2D eigenvalue weighted by molar-refractivity contribution is 6.23. The van der Waals surface area contributed by atoms with Crippen molar-refractivity contribution < 1.29 is 29.5 Å². The van der Waals surface area contributed by atoms with Gasteiger partial charge in [0, 0.05) is 12.1 Å². The highest BCUT2D eigenvalue weighted by atomic mass is 16.6. The van der Waals surface area contributed by atoms with Gasteiger partial charge < -0.3 is 15.5 Å². The molecule has 0 aliphatic carbocycles. The number of aromatic carboxylic acids is 1. The highest BCUT2D eigenvalue weighted by Crippen LogP contribution is 2.31. The minimum atomic E-state index is -1.20. The molecule has 1 fully saturated rings.